The van der Waals surface area contributed by atoms with Crippen LogP contribution in [0.4, 0.5) is 0 Å². The molecular weight excluding hydrogens is 304 g/mol. The number of tetrazole rings is 1. The summed E-state index contributed by atoms with van der Waals surface area (Å²) in [5.41, 5.74) is 0.885. The fourth-order valence-corrected chi connectivity index (χ4v) is 2.36. The highest BCUT2D eigenvalue weighted by Crippen LogP contribution is 2.23. The van der Waals surface area contributed by atoms with E-state index in [0.717, 1.165) is 10.0 Å². The second-order valence-electron chi connectivity index (χ2n) is 3.46. The molecule has 0 fully saturated rings. The van der Waals surface area contributed by atoms with E-state index in [1.807, 2.05) is 24.3 Å². The zero-order valence-electron chi connectivity index (χ0n) is 9.12. The van der Waals surface area contributed by atoms with Gasteiger partial charge in [-0.1, -0.05) is 39.8 Å². The monoisotopic (exact) mass is 314 g/mol. The van der Waals surface area contributed by atoms with Gasteiger partial charge in [0.2, 0.25) is 5.16 Å². The van der Waals surface area contributed by atoms with E-state index in [-0.39, 0.29) is 0 Å². The second-order valence-corrected chi connectivity index (χ2v) is 5.37. The number of aromatic nitrogens is 4. The molecule has 0 radical (unpaired) electrons. The summed E-state index contributed by atoms with van der Waals surface area (Å²) in [6.45, 7) is 0. The Labute approximate surface area is 111 Å². The van der Waals surface area contributed by atoms with E-state index in [1.54, 1.807) is 11.7 Å². The van der Waals surface area contributed by atoms with Crippen molar-refractivity contribution in [3.05, 3.63) is 34.3 Å². The van der Waals surface area contributed by atoms with Crippen LogP contribution in [-0.2, 0) is 7.05 Å². The minimum absolute atomic E-state index is 0.523. The number of aliphatic hydroxyl groups excluding tert-OH is 1. The van der Waals surface area contributed by atoms with Gasteiger partial charge in [0.05, 0.1) is 6.10 Å². The molecule has 1 heterocycles. The molecule has 0 aliphatic carbocycles. The highest BCUT2D eigenvalue weighted by Gasteiger charge is 2.10. The topological polar surface area (TPSA) is 63.8 Å². The first-order valence-electron chi connectivity index (χ1n) is 4.95. The zero-order valence-corrected chi connectivity index (χ0v) is 11.5. The van der Waals surface area contributed by atoms with Crippen LogP contribution in [0.25, 0.3) is 0 Å². The summed E-state index contributed by atoms with van der Waals surface area (Å²) in [5.74, 6) is 0.524. The van der Waals surface area contributed by atoms with Crippen molar-refractivity contribution in [2.24, 2.45) is 7.05 Å². The van der Waals surface area contributed by atoms with Crippen LogP contribution in [0.15, 0.2) is 33.9 Å². The summed E-state index contributed by atoms with van der Waals surface area (Å²) in [6, 6.07) is 7.61. The number of aliphatic hydroxyl groups is 1. The van der Waals surface area contributed by atoms with Crippen LogP contribution in [0, 0.1) is 0 Å². The number of aryl methyl sites for hydroxylation is 1. The van der Waals surface area contributed by atoms with Crippen LogP contribution in [0.1, 0.15) is 11.7 Å². The molecule has 5 nitrogen and oxygen atoms in total. The molecule has 0 aliphatic rings. The van der Waals surface area contributed by atoms with Gasteiger partial charge in [-0.05, 0) is 28.1 Å². The van der Waals surface area contributed by atoms with Crippen molar-refractivity contribution < 1.29 is 5.11 Å². The molecule has 1 N–H and O–H groups in total. The molecule has 0 saturated heterocycles. The molecule has 1 aromatic heterocycles. The third-order valence-electron chi connectivity index (χ3n) is 2.21. The Hall–Kier alpha value is -0.920. The van der Waals surface area contributed by atoms with Crippen molar-refractivity contribution >= 4 is 27.7 Å². The molecule has 0 aliphatic heterocycles. The second kappa shape index (κ2) is 5.61. The quantitative estimate of drug-likeness (QED) is 0.872. The molecule has 7 heteroatoms. The first kappa shape index (κ1) is 12.5. The summed E-state index contributed by atoms with van der Waals surface area (Å²) in [7, 11) is 1.77. The smallest absolute Gasteiger partial charge is 0.209 e. The van der Waals surface area contributed by atoms with Crippen LogP contribution >= 0.6 is 27.7 Å². The average molecular weight is 315 g/mol. The summed E-state index contributed by atoms with van der Waals surface area (Å²) >= 11 is 4.78. The zero-order chi connectivity index (χ0) is 12.3. The van der Waals surface area contributed by atoms with Gasteiger partial charge in [0, 0.05) is 17.3 Å². The van der Waals surface area contributed by atoms with Gasteiger partial charge in [-0.2, -0.15) is 0 Å². The minimum Gasteiger partial charge on any atom is -0.388 e. The van der Waals surface area contributed by atoms with E-state index in [0.29, 0.717) is 10.9 Å². The molecule has 0 unspecified atom stereocenters. The summed E-state index contributed by atoms with van der Waals surface area (Å²) in [4.78, 5) is 0. The van der Waals surface area contributed by atoms with Crippen molar-refractivity contribution in [1.82, 2.24) is 20.2 Å². The maximum absolute atomic E-state index is 9.99. The van der Waals surface area contributed by atoms with Crippen molar-refractivity contribution in [2.75, 3.05) is 5.75 Å². The van der Waals surface area contributed by atoms with Gasteiger partial charge in [-0.15, -0.1) is 5.10 Å². The van der Waals surface area contributed by atoms with E-state index in [1.165, 1.54) is 11.8 Å². The van der Waals surface area contributed by atoms with Crippen molar-refractivity contribution in [1.29, 1.82) is 0 Å². The van der Waals surface area contributed by atoms with Gasteiger partial charge in [0.25, 0.3) is 0 Å². The van der Waals surface area contributed by atoms with Crippen LogP contribution in [-0.4, -0.2) is 31.1 Å². The SMILES string of the molecule is Cn1nnnc1SC[C@H](O)c1ccc(Br)cc1. The molecule has 17 heavy (non-hydrogen) atoms. The van der Waals surface area contributed by atoms with Crippen LogP contribution < -0.4 is 0 Å². The number of nitrogens with zero attached hydrogens (tertiary/aromatic N) is 4. The fourth-order valence-electron chi connectivity index (χ4n) is 1.28. The van der Waals surface area contributed by atoms with E-state index < -0.39 is 6.10 Å². The highest BCUT2D eigenvalue weighted by molar-refractivity contribution is 9.10. The maximum Gasteiger partial charge on any atom is 0.209 e. The molecule has 0 amide bonds. The van der Waals surface area contributed by atoms with E-state index in [2.05, 4.69) is 31.5 Å². The summed E-state index contributed by atoms with van der Waals surface area (Å²) in [6.07, 6.45) is -0.523. The Bertz CT molecular complexity index is 487. The number of hydrogen-bond acceptors (Lipinski definition) is 5. The van der Waals surface area contributed by atoms with Crippen molar-refractivity contribution in [3.8, 4) is 0 Å². The number of thioether (sulfide) groups is 1. The number of hydrogen-bond donors (Lipinski definition) is 1. The van der Waals surface area contributed by atoms with Gasteiger partial charge in [-0.3, -0.25) is 0 Å². The van der Waals surface area contributed by atoms with Crippen LogP contribution in [0.5, 0.6) is 0 Å². The molecule has 2 rings (SSSR count). The molecule has 2 aromatic rings. The summed E-state index contributed by atoms with van der Waals surface area (Å²) < 4.78 is 2.58. The molecule has 90 valence electrons. The van der Waals surface area contributed by atoms with E-state index in [4.69, 9.17) is 0 Å². The minimum atomic E-state index is -0.523. The highest BCUT2D eigenvalue weighted by atomic mass is 79.9. The average Bonchev–Trinajstić information content (AvgIpc) is 2.73. The number of halogens is 1. The Morgan fingerprint density at radius 1 is 1.41 bits per heavy atom. The Morgan fingerprint density at radius 3 is 2.71 bits per heavy atom. The first-order valence-corrected chi connectivity index (χ1v) is 6.73. The Balaban J connectivity index is 1.95. The first-order chi connectivity index (χ1) is 8.16. The number of benzene rings is 1. The third-order valence-corrected chi connectivity index (χ3v) is 3.82. The van der Waals surface area contributed by atoms with Gasteiger partial charge in [0.1, 0.15) is 0 Å². The van der Waals surface area contributed by atoms with Gasteiger partial charge >= 0.3 is 0 Å². The largest absolute Gasteiger partial charge is 0.388 e. The van der Waals surface area contributed by atoms with E-state index >= 15 is 0 Å². The molecule has 1 aromatic carbocycles. The fraction of sp³-hybridized carbons (Fsp3) is 0.300. The standard InChI is InChI=1S/C10H11BrN4OS/c1-15-10(12-13-14-15)17-6-9(16)7-2-4-8(11)5-3-7/h2-5,9,16H,6H2,1H3/t9-/m0/s1. The number of rotatable bonds is 4. The normalized spacial score (nSPS) is 12.6. The van der Waals surface area contributed by atoms with Crippen molar-refractivity contribution in [3.63, 3.8) is 0 Å². The lowest BCUT2D eigenvalue weighted by atomic mass is 10.1. The van der Waals surface area contributed by atoms with Gasteiger partial charge in [0.15, 0.2) is 0 Å². The van der Waals surface area contributed by atoms with E-state index in [9.17, 15) is 5.11 Å². The lowest BCUT2D eigenvalue weighted by Gasteiger charge is -2.09. The van der Waals surface area contributed by atoms with Crippen LogP contribution in [0.3, 0.4) is 0 Å². The van der Waals surface area contributed by atoms with Gasteiger partial charge < -0.3 is 5.11 Å². The molecule has 0 bridgehead atoms. The Morgan fingerprint density at radius 2 is 2.12 bits per heavy atom. The van der Waals surface area contributed by atoms with Crippen molar-refractivity contribution in [2.45, 2.75) is 11.3 Å². The molecule has 0 spiro atoms. The lowest BCUT2D eigenvalue weighted by Crippen LogP contribution is -2.02. The van der Waals surface area contributed by atoms with Crippen LogP contribution in [0.2, 0.25) is 0 Å². The summed E-state index contributed by atoms with van der Waals surface area (Å²) in [5, 5.41) is 21.8. The molecule has 1 atom stereocenters. The molecular formula is C10H11BrN4OS. The predicted octanol–water partition coefficient (Wildman–Crippen LogP) is 1.80. The lowest BCUT2D eigenvalue weighted by molar-refractivity contribution is 0.204. The third kappa shape index (κ3) is 3.27. The van der Waals surface area contributed by atoms with Gasteiger partial charge in [-0.25, -0.2) is 4.68 Å². The Kier molecular flexibility index (Phi) is 4.14. The molecule has 0 saturated carbocycles. The maximum atomic E-state index is 9.99. The predicted molar refractivity (Wildman–Crippen MR) is 68.6 cm³/mol.